The van der Waals surface area contributed by atoms with Crippen LogP contribution in [0.15, 0.2) is 34.5 Å². The van der Waals surface area contributed by atoms with Gasteiger partial charge in [0.25, 0.3) is 10.0 Å². The third-order valence-corrected chi connectivity index (χ3v) is 4.90. The molecule has 1 aromatic carbocycles. The summed E-state index contributed by atoms with van der Waals surface area (Å²) in [5.74, 6) is -0.375. The first-order valence-electron chi connectivity index (χ1n) is 5.90. The number of anilines is 1. The number of Topliss-reactive ketones (excluding diaryl/α,β-unsaturated/α-hetero) is 2. The van der Waals surface area contributed by atoms with Gasteiger partial charge in [-0.25, -0.2) is 13.4 Å². The van der Waals surface area contributed by atoms with Gasteiger partial charge in [0.15, 0.2) is 16.7 Å². The topological polar surface area (TPSA) is 93.2 Å². The molecule has 110 valence electrons. The van der Waals surface area contributed by atoms with E-state index in [1.54, 1.807) is 0 Å². The number of benzene rings is 1. The van der Waals surface area contributed by atoms with Gasteiger partial charge < -0.3 is 0 Å². The van der Waals surface area contributed by atoms with Gasteiger partial charge in [0.05, 0.1) is 4.90 Å². The lowest BCUT2D eigenvalue weighted by molar-refractivity contribution is 0.100. The zero-order valence-corrected chi connectivity index (χ0v) is 12.9. The van der Waals surface area contributed by atoms with Crippen LogP contribution in [0.4, 0.5) is 5.13 Å². The molecule has 1 aromatic heterocycles. The van der Waals surface area contributed by atoms with E-state index in [1.165, 1.54) is 43.5 Å². The molecule has 2 aromatic rings. The number of thiazole rings is 1. The van der Waals surface area contributed by atoms with Gasteiger partial charge in [-0.15, -0.1) is 11.3 Å². The normalized spacial score (nSPS) is 11.1. The fraction of sp³-hybridized carbons (Fsp3) is 0.154. The van der Waals surface area contributed by atoms with Crippen LogP contribution in [-0.4, -0.2) is 25.0 Å². The monoisotopic (exact) mass is 324 g/mol. The zero-order chi connectivity index (χ0) is 15.6. The Labute approximate surface area is 125 Å². The van der Waals surface area contributed by atoms with Gasteiger partial charge in [-0.1, -0.05) is 12.1 Å². The Bertz CT molecular complexity index is 792. The van der Waals surface area contributed by atoms with Crippen LogP contribution < -0.4 is 4.72 Å². The van der Waals surface area contributed by atoms with Gasteiger partial charge in [0.1, 0.15) is 5.69 Å². The van der Waals surface area contributed by atoms with Crippen LogP contribution in [0.3, 0.4) is 0 Å². The molecule has 6 nitrogen and oxygen atoms in total. The Hall–Kier alpha value is -2.06. The molecule has 0 radical (unpaired) electrons. The van der Waals surface area contributed by atoms with Crippen molar-refractivity contribution in [3.63, 3.8) is 0 Å². The fourth-order valence-corrected chi connectivity index (χ4v) is 3.53. The summed E-state index contributed by atoms with van der Waals surface area (Å²) in [5, 5.41) is 1.61. The second kappa shape index (κ2) is 5.74. The van der Waals surface area contributed by atoms with Gasteiger partial charge in [0.2, 0.25) is 0 Å². The largest absolute Gasteiger partial charge is 0.295 e. The first-order valence-corrected chi connectivity index (χ1v) is 8.26. The quantitative estimate of drug-likeness (QED) is 0.852. The average Bonchev–Trinajstić information content (AvgIpc) is 2.87. The maximum absolute atomic E-state index is 12.1. The average molecular weight is 324 g/mol. The number of carbonyl (C=O) groups excluding carboxylic acids is 2. The molecular formula is C13H12N2O4S2. The first kappa shape index (κ1) is 15.3. The van der Waals surface area contributed by atoms with E-state index in [9.17, 15) is 18.0 Å². The predicted octanol–water partition coefficient (Wildman–Crippen LogP) is 2.35. The van der Waals surface area contributed by atoms with Crippen LogP contribution in [0.25, 0.3) is 0 Å². The second-order valence-corrected chi connectivity index (χ2v) is 6.82. The fourth-order valence-electron chi connectivity index (χ4n) is 1.52. The number of carbonyl (C=O) groups is 2. The van der Waals surface area contributed by atoms with Crippen molar-refractivity contribution < 1.29 is 18.0 Å². The lowest BCUT2D eigenvalue weighted by Crippen LogP contribution is -2.13. The van der Waals surface area contributed by atoms with Crippen LogP contribution in [0, 0.1) is 0 Å². The highest BCUT2D eigenvalue weighted by molar-refractivity contribution is 7.93. The van der Waals surface area contributed by atoms with Crippen molar-refractivity contribution in [3.8, 4) is 0 Å². The van der Waals surface area contributed by atoms with Gasteiger partial charge in [0, 0.05) is 17.9 Å². The van der Waals surface area contributed by atoms with Crippen molar-refractivity contribution >= 4 is 38.1 Å². The molecule has 0 atom stereocenters. The minimum absolute atomic E-state index is 0.0204. The van der Waals surface area contributed by atoms with Crippen molar-refractivity contribution in [3.05, 3.63) is 40.9 Å². The third kappa shape index (κ3) is 3.53. The van der Waals surface area contributed by atoms with Gasteiger partial charge in [-0.05, 0) is 19.1 Å². The van der Waals surface area contributed by atoms with Gasteiger partial charge in [-0.2, -0.15) is 0 Å². The molecule has 0 saturated carbocycles. The summed E-state index contributed by atoms with van der Waals surface area (Å²) in [6.07, 6.45) is 0. The molecule has 0 aliphatic rings. The molecule has 2 rings (SSSR count). The number of nitrogens with zero attached hydrogens (tertiary/aromatic N) is 1. The number of hydrogen-bond acceptors (Lipinski definition) is 6. The second-order valence-electron chi connectivity index (χ2n) is 4.28. The Kier molecular flexibility index (Phi) is 4.19. The Balaban J connectivity index is 2.24. The molecule has 0 unspecified atom stereocenters. The van der Waals surface area contributed by atoms with Gasteiger partial charge >= 0.3 is 0 Å². The minimum Gasteiger partial charge on any atom is -0.295 e. The third-order valence-electron chi connectivity index (χ3n) is 2.66. The molecule has 0 spiro atoms. The molecule has 1 N–H and O–H groups in total. The van der Waals surface area contributed by atoms with Crippen molar-refractivity contribution in [1.29, 1.82) is 0 Å². The Morgan fingerprint density at radius 2 is 1.71 bits per heavy atom. The standard InChI is InChI=1S/C13H12N2O4S2/c1-8(16)10-3-5-11(6-4-10)21(18,19)15-13-14-12(7-20-13)9(2)17/h3-7H,1-2H3,(H,14,15). The molecule has 0 saturated heterocycles. The molecule has 0 aliphatic carbocycles. The summed E-state index contributed by atoms with van der Waals surface area (Å²) in [4.78, 5) is 26.2. The summed E-state index contributed by atoms with van der Waals surface area (Å²) in [6.45, 7) is 2.76. The molecule has 8 heteroatoms. The van der Waals surface area contributed by atoms with Crippen LogP contribution in [0.2, 0.25) is 0 Å². The minimum atomic E-state index is -3.79. The van der Waals surface area contributed by atoms with Gasteiger partial charge in [-0.3, -0.25) is 14.3 Å². The van der Waals surface area contributed by atoms with E-state index in [-0.39, 0.29) is 27.3 Å². The number of ketones is 2. The number of hydrogen-bond donors (Lipinski definition) is 1. The smallest absolute Gasteiger partial charge is 0.263 e. The van der Waals surface area contributed by atoms with Crippen LogP contribution in [-0.2, 0) is 10.0 Å². The lowest BCUT2D eigenvalue weighted by Gasteiger charge is -2.05. The maximum atomic E-state index is 12.1. The van der Waals surface area contributed by atoms with E-state index in [1.807, 2.05) is 0 Å². The molecular weight excluding hydrogens is 312 g/mol. The number of nitrogens with one attached hydrogen (secondary N) is 1. The maximum Gasteiger partial charge on any atom is 0.263 e. The summed E-state index contributed by atoms with van der Waals surface area (Å²) < 4.78 is 26.6. The Morgan fingerprint density at radius 1 is 1.10 bits per heavy atom. The summed E-state index contributed by atoms with van der Waals surface area (Å²) in [5.41, 5.74) is 0.645. The SMILES string of the molecule is CC(=O)c1ccc(S(=O)(=O)Nc2nc(C(C)=O)cs2)cc1. The van der Waals surface area contributed by atoms with E-state index in [4.69, 9.17) is 0 Å². The summed E-state index contributed by atoms with van der Waals surface area (Å²) >= 11 is 1.03. The predicted molar refractivity (Wildman–Crippen MR) is 79.4 cm³/mol. The first-order chi connectivity index (χ1) is 9.79. The van der Waals surface area contributed by atoms with Crippen LogP contribution in [0.5, 0.6) is 0 Å². The highest BCUT2D eigenvalue weighted by Gasteiger charge is 2.17. The summed E-state index contributed by atoms with van der Waals surface area (Å²) in [7, 11) is -3.79. The molecule has 0 amide bonds. The lowest BCUT2D eigenvalue weighted by atomic mass is 10.2. The summed E-state index contributed by atoms with van der Waals surface area (Å²) in [6, 6.07) is 5.58. The van der Waals surface area contributed by atoms with Crippen molar-refractivity contribution in [2.45, 2.75) is 18.7 Å². The van der Waals surface area contributed by atoms with Crippen LogP contribution in [0.1, 0.15) is 34.7 Å². The van der Waals surface area contributed by atoms with Crippen molar-refractivity contribution in [2.75, 3.05) is 4.72 Å². The highest BCUT2D eigenvalue weighted by atomic mass is 32.2. The Morgan fingerprint density at radius 3 is 2.19 bits per heavy atom. The van der Waals surface area contributed by atoms with E-state index in [0.717, 1.165) is 11.3 Å². The number of rotatable bonds is 5. The molecule has 21 heavy (non-hydrogen) atoms. The van der Waals surface area contributed by atoms with E-state index < -0.39 is 10.0 Å². The zero-order valence-electron chi connectivity index (χ0n) is 11.3. The van der Waals surface area contributed by atoms with E-state index >= 15 is 0 Å². The molecule has 0 aliphatic heterocycles. The molecule has 0 bridgehead atoms. The van der Waals surface area contributed by atoms with Crippen molar-refractivity contribution in [2.24, 2.45) is 0 Å². The highest BCUT2D eigenvalue weighted by Crippen LogP contribution is 2.20. The van der Waals surface area contributed by atoms with Crippen LogP contribution >= 0.6 is 11.3 Å². The number of sulfonamides is 1. The van der Waals surface area contributed by atoms with E-state index in [0.29, 0.717) is 5.56 Å². The molecule has 1 heterocycles. The number of aromatic nitrogens is 1. The molecule has 0 fully saturated rings. The van der Waals surface area contributed by atoms with Crippen molar-refractivity contribution in [1.82, 2.24) is 4.98 Å². The van der Waals surface area contributed by atoms with E-state index in [2.05, 4.69) is 9.71 Å².